The summed E-state index contributed by atoms with van der Waals surface area (Å²) in [6.45, 7) is 5.42. The number of hydrogen-bond acceptors (Lipinski definition) is 2. The largest absolute Gasteiger partial charge is 0.378 e. The Kier molecular flexibility index (Phi) is 3.82. The molecule has 1 N–H and O–H groups in total. The van der Waals surface area contributed by atoms with E-state index in [-0.39, 0.29) is 0 Å². The molecule has 1 aliphatic heterocycles. The molecule has 2 aliphatic rings. The van der Waals surface area contributed by atoms with Crippen LogP contribution in [0.25, 0.3) is 0 Å². The average molecular weight is 197 g/mol. The lowest BCUT2D eigenvalue weighted by Gasteiger charge is -2.32. The topological polar surface area (TPSA) is 21.3 Å². The molecule has 0 radical (unpaired) electrons. The van der Waals surface area contributed by atoms with Gasteiger partial charge in [0, 0.05) is 0 Å². The van der Waals surface area contributed by atoms with E-state index in [1.165, 1.54) is 38.6 Å². The average Bonchev–Trinajstić information content (AvgIpc) is 2.16. The summed E-state index contributed by atoms with van der Waals surface area (Å²) in [6, 6.07) is 0.666. The van der Waals surface area contributed by atoms with Crippen LogP contribution >= 0.6 is 0 Å². The third-order valence-corrected chi connectivity index (χ3v) is 3.88. The molecule has 0 bridgehead atoms. The Hall–Kier alpha value is -0.0800. The van der Waals surface area contributed by atoms with Gasteiger partial charge in [-0.2, -0.15) is 0 Å². The van der Waals surface area contributed by atoms with Crippen LogP contribution < -0.4 is 5.32 Å². The van der Waals surface area contributed by atoms with Gasteiger partial charge in [-0.25, -0.2) is 0 Å². The van der Waals surface area contributed by atoms with E-state index < -0.39 is 0 Å². The van der Waals surface area contributed by atoms with Gasteiger partial charge in [-0.05, 0) is 31.2 Å². The second kappa shape index (κ2) is 5.13. The molecule has 0 amide bonds. The third kappa shape index (κ3) is 2.71. The normalized spacial score (nSPS) is 34.1. The molecule has 0 aromatic carbocycles. The fourth-order valence-corrected chi connectivity index (χ4v) is 2.53. The number of nitrogens with one attached hydrogen (secondary N) is 1. The Balaban J connectivity index is 1.58. The van der Waals surface area contributed by atoms with Crippen molar-refractivity contribution in [2.45, 2.75) is 45.1 Å². The smallest absolute Gasteiger partial charge is 0.0643 e. The van der Waals surface area contributed by atoms with Crippen molar-refractivity contribution in [1.82, 2.24) is 5.32 Å². The molecule has 2 fully saturated rings. The molecule has 0 aromatic rings. The third-order valence-electron chi connectivity index (χ3n) is 3.88. The minimum absolute atomic E-state index is 0.666. The van der Waals surface area contributed by atoms with Gasteiger partial charge >= 0.3 is 0 Å². The zero-order valence-electron chi connectivity index (χ0n) is 9.30. The Morgan fingerprint density at radius 2 is 1.71 bits per heavy atom. The lowest BCUT2D eigenvalue weighted by molar-refractivity contribution is -0.00730. The molecule has 2 heteroatoms. The van der Waals surface area contributed by atoms with Crippen LogP contribution in [0.3, 0.4) is 0 Å². The molecule has 0 atom stereocenters. The van der Waals surface area contributed by atoms with Gasteiger partial charge in [0.1, 0.15) is 0 Å². The van der Waals surface area contributed by atoms with Gasteiger partial charge in [-0.15, -0.1) is 0 Å². The Morgan fingerprint density at radius 1 is 1.07 bits per heavy atom. The molecule has 1 saturated carbocycles. The SMILES string of the molecule is CCC1CCC(CNC2COC2)CC1. The second-order valence-electron chi connectivity index (χ2n) is 4.94. The van der Waals surface area contributed by atoms with Crippen molar-refractivity contribution in [2.24, 2.45) is 11.8 Å². The zero-order valence-corrected chi connectivity index (χ0v) is 9.30. The molecular formula is C12H23NO. The van der Waals surface area contributed by atoms with Crippen LogP contribution in [-0.4, -0.2) is 25.8 Å². The molecular weight excluding hydrogens is 174 g/mol. The highest BCUT2D eigenvalue weighted by atomic mass is 16.5. The van der Waals surface area contributed by atoms with Gasteiger partial charge in [-0.1, -0.05) is 26.2 Å². The molecule has 2 nitrogen and oxygen atoms in total. The predicted molar refractivity (Wildman–Crippen MR) is 58.3 cm³/mol. The minimum Gasteiger partial charge on any atom is -0.378 e. The fourth-order valence-electron chi connectivity index (χ4n) is 2.53. The van der Waals surface area contributed by atoms with E-state index in [1.807, 2.05) is 0 Å². The highest BCUT2D eigenvalue weighted by Crippen LogP contribution is 2.30. The van der Waals surface area contributed by atoms with E-state index in [0.717, 1.165) is 25.0 Å². The molecule has 82 valence electrons. The van der Waals surface area contributed by atoms with Crippen molar-refractivity contribution >= 4 is 0 Å². The zero-order chi connectivity index (χ0) is 9.80. The number of rotatable bonds is 4. The Bertz CT molecular complexity index is 160. The molecule has 0 aromatic heterocycles. The van der Waals surface area contributed by atoms with Crippen molar-refractivity contribution in [2.75, 3.05) is 19.8 Å². The van der Waals surface area contributed by atoms with Gasteiger partial charge in [0.25, 0.3) is 0 Å². The molecule has 1 aliphatic carbocycles. The first-order valence-corrected chi connectivity index (χ1v) is 6.19. The standard InChI is InChI=1S/C12H23NO/c1-2-10-3-5-11(6-4-10)7-13-12-8-14-9-12/h10-13H,2-9H2,1H3. The molecule has 14 heavy (non-hydrogen) atoms. The van der Waals surface area contributed by atoms with Crippen LogP contribution in [0, 0.1) is 11.8 Å². The molecule has 1 saturated heterocycles. The van der Waals surface area contributed by atoms with Crippen LogP contribution in [0.5, 0.6) is 0 Å². The van der Waals surface area contributed by atoms with Gasteiger partial charge in [0.15, 0.2) is 0 Å². The van der Waals surface area contributed by atoms with E-state index in [4.69, 9.17) is 4.74 Å². The number of hydrogen-bond donors (Lipinski definition) is 1. The van der Waals surface area contributed by atoms with Gasteiger partial charge < -0.3 is 10.1 Å². The van der Waals surface area contributed by atoms with Crippen molar-refractivity contribution in [1.29, 1.82) is 0 Å². The highest BCUT2D eigenvalue weighted by Gasteiger charge is 2.22. The van der Waals surface area contributed by atoms with Crippen LogP contribution in [0.2, 0.25) is 0 Å². The summed E-state index contributed by atoms with van der Waals surface area (Å²) >= 11 is 0. The minimum atomic E-state index is 0.666. The monoisotopic (exact) mass is 197 g/mol. The van der Waals surface area contributed by atoms with Crippen molar-refractivity contribution < 1.29 is 4.74 Å². The van der Waals surface area contributed by atoms with Gasteiger partial charge in [-0.3, -0.25) is 0 Å². The van der Waals surface area contributed by atoms with Crippen LogP contribution in [0.4, 0.5) is 0 Å². The summed E-state index contributed by atoms with van der Waals surface area (Å²) in [4.78, 5) is 0. The summed E-state index contributed by atoms with van der Waals surface area (Å²) in [7, 11) is 0. The Labute approximate surface area is 87.4 Å². The molecule has 2 rings (SSSR count). The van der Waals surface area contributed by atoms with Crippen molar-refractivity contribution in [3.63, 3.8) is 0 Å². The lowest BCUT2D eigenvalue weighted by Crippen LogP contribution is -2.47. The van der Waals surface area contributed by atoms with E-state index in [2.05, 4.69) is 12.2 Å². The van der Waals surface area contributed by atoms with Crippen LogP contribution in [0.15, 0.2) is 0 Å². The molecule has 1 heterocycles. The fraction of sp³-hybridized carbons (Fsp3) is 1.00. The second-order valence-corrected chi connectivity index (χ2v) is 4.94. The predicted octanol–water partition coefficient (Wildman–Crippen LogP) is 2.19. The van der Waals surface area contributed by atoms with Crippen LogP contribution in [-0.2, 0) is 4.74 Å². The summed E-state index contributed by atoms with van der Waals surface area (Å²) < 4.78 is 5.15. The first-order chi connectivity index (χ1) is 6.88. The first-order valence-electron chi connectivity index (χ1n) is 6.19. The lowest BCUT2D eigenvalue weighted by atomic mass is 9.81. The summed E-state index contributed by atoms with van der Waals surface area (Å²) in [5.41, 5.74) is 0. The molecule has 0 spiro atoms. The van der Waals surface area contributed by atoms with Crippen molar-refractivity contribution in [3.8, 4) is 0 Å². The maximum absolute atomic E-state index is 5.15. The van der Waals surface area contributed by atoms with Crippen molar-refractivity contribution in [3.05, 3.63) is 0 Å². The van der Waals surface area contributed by atoms with E-state index >= 15 is 0 Å². The maximum atomic E-state index is 5.15. The van der Waals surface area contributed by atoms with Gasteiger partial charge in [0.05, 0.1) is 19.3 Å². The van der Waals surface area contributed by atoms with Gasteiger partial charge in [0.2, 0.25) is 0 Å². The van der Waals surface area contributed by atoms with Crippen LogP contribution in [0.1, 0.15) is 39.0 Å². The summed E-state index contributed by atoms with van der Waals surface area (Å²) in [5.74, 6) is 1.97. The van der Waals surface area contributed by atoms with E-state index in [1.54, 1.807) is 0 Å². The summed E-state index contributed by atoms with van der Waals surface area (Å²) in [6.07, 6.45) is 7.20. The van der Waals surface area contributed by atoms with E-state index in [0.29, 0.717) is 6.04 Å². The highest BCUT2D eigenvalue weighted by molar-refractivity contribution is 4.78. The number of ether oxygens (including phenoxy) is 1. The molecule has 0 unspecified atom stereocenters. The Morgan fingerprint density at radius 3 is 2.21 bits per heavy atom. The maximum Gasteiger partial charge on any atom is 0.0643 e. The first kappa shape index (κ1) is 10.4. The quantitative estimate of drug-likeness (QED) is 0.746. The summed E-state index contributed by atoms with van der Waals surface area (Å²) in [5, 5.41) is 3.60. The van der Waals surface area contributed by atoms with E-state index in [9.17, 15) is 0 Å².